The first-order valence-electron chi connectivity index (χ1n) is 8.42. The number of rotatable bonds is 6. The lowest BCUT2D eigenvalue weighted by Gasteiger charge is -2.09. The molecule has 0 aliphatic carbocycles. The lowest BCUT2D eigenvalue weighted by Crippen LogP contribution is -2.22. The summed E-state index contributed by atoms with van der Waals surface area (Å²) < 4.78 is 63.3. The third-order valence-electron chi connectivity index (χ3n) is 4.22. The zero-order chi connectivity index (χ0) is 21.2. The fourth-order valence-electron chi connectivity index (χ4n) is 2.85. The minimum atomic E-state index is -5.04. The first-order valence-corrected chi connectivity index (χ1v) is 8.42. The molecule has 0 radical (unpaired) electrons. The third-order valence-corrected chi connectivity index (χ3v) is 4.22. The van der Waals surface area contributed by atoms with E-state index >= 15 is 0 Å². The second-order valence-electron chi connectivity index (χ2n) is 6.09. The summed E-state index contributed by atoms with van der Waals surface area (Å²) in [7, 11) is 1.18. The van der Waals surface area contributed by atoms with Gasteiger partial charge in [0.15, 0.2) is 0 Å². The van der Waals surface area contributed by atoms with E-state index in [1.807, 2.05) is 0 Å². The van der Waals surface area contributed by atoms with Crippen LogP contribution in [0, 0.1) is 5.82 Å². The van der Waals surface area contributed by atoms with Gasteiger partial charge in [0.25, 0.3) is 5.78 Å². The Hall–Kier alpha value is -3.36. The Morgan fingerprint density at radius 3 is 2.38 bits per heavy atom. The topological polar surface area (TPSA) is 57.5 Å². The normalized spacial score (nSPS) is 11.5. The van der Waals surface area contributed by atoms with Crippen molar-refractivity contribution in [1.29, 1.82) is 0 Å². The molecular weight excluding hydrogens is 394 g/mol. The highest BCUT2D eigenvalue weighted by atomic mass is 19.4. The number of aromatic nitrogens is 1. The summed E-state index contributed by atoms with van der Waals surface area (Å²) in [5.74, 6) is -2.69. The largest absolute Gasteiger partial charge is 0.492 e. The van der Waals surface area contributed by atoms with Gasteiger partial charge in [-0.3, -0.25) is 4.79 Å². The molecule has 1 heterocycles. The molecule has 0 bridgehead atoms. The molecule has 5 nitrogen and oxygen atoms in total. The smallest absolute Gasteiger partial charge is 0.454 e. The van der Waals surface area contributed by atoms with Crippen LogP contribution in [0.1, 0.15) is 20.7 Å². The molecule has 0 spiro atoms. The Kier molecular flexibility index (Phi) is 5.58. The van der Waals surface area contributed by atoms with E-state index in [0.717, 1.165) is 6.20 Å². The fourth-order valence-corrected chi connectivity index (χ4v) is 2.85. The third kappa shape index (κ3) is 4.39. The van der Waals surface area contributed by atoms with Crippen LogP contribution in [0.4, 0.5) is 17.6 Å². The summed E-state index contributed by atoms with van der Waals surface area (Å²) in [5, 5.41) is 0.0572. The van der Waals surface area contributed by atoms with Gasteiger partial charge >= 0.3 is 12.1 Å². The fraction of sp³-hybridized carbons (Fsp3) is 0.200. The van der Waals surface area contributed by atoms with E-state index in [-0.39, 0.29) is 29.6 Å². The van der Waals surface area contributed by atoms with Crippen molar-refractivity contribution < 1.29 is 36.6 Å². The predicted molar refractivity (Wildman–Crippen MR) is 95.6 cm³/mol. The van der Waals surface area contributed by atoms with Crippen LogP contribution >= 0.6 is 0 Å². The van der Waals surface area contributed by atoms with Gasteiger partial charge in [0, 0.05) is 17.1 Å². The van der Waals surface area contributed by atoms with Crippen molar-refractivity contribution in [2.75, 3.05) is 13.7 Å². The average Bonchev–Trinajstić information content (AvgIpc) is 3.05. The van der Waals surface area contributed by atoms with Crippen LogP contribution in [0.5, 0.6) is 5.75 Å². The summed E-state index contributed by atoms with van der Waals surface area (Å²) in [6.07, 6.45) is -3.96. The maximum absolute atomic E-state index is 13.0. The quantitative estimate of drug-likeness (QED) is 0.344. The first-order chi connectivity index (χ1) is 13.7. The molecule has 29 heavy (non-hydrogen) atoms. The molecular formula is C20H15F4NO4. The number of benzene rings is 2. The van der Waals surface area contributed by atoms with Crippen LogP contribution in [-0.2, 0) is 11.3 Å². The summed E-state index contributed by atoms with van der Waals surface area (Å²) in [6, 6.07) is 9.17. The predicted octanol–water partition coefficient (Wildman–Crippen LogP) is 4.39. The molecule has 0 N–H and O–H groups in total. The van der Waals surface area contributed by atoms with Gasteiger partial charge in [-0.2, -0.15) is 13.2 Å². The number of esters is 1. The van der Waals surface area contributed by atoms with Crippen molar-refractivity contribution in [1.82, 2.24) is 4.57 Å². The number of Topliss-reactive ketones (excluding diaryl/α,β-unsaturated/α-hetero) is 1. The maximum Gasteiger partial charge on any atom is 0.454 e. The van der Waals surface area contributed by atoms with E-state index in [9.17, 15) is 27.2 Å². The zero-order valence-corrected chi connectivity index (χ0v) is 15.1. The molecule has 0 aliphatic heterocycles. The number of alkyl halides is 3. The van der Waals surface area contributed by atoms with Gasteiger partial charge in [-0.15, -0.1) is 0 Å². The number of carbonyl (C=O) groups is 2. The number of hydrogen-bond donors (Lipinski definition) is 0. The molecule has 9 heteroatoms. The van der Waals surface area contributed by atoms with E-state index in [1.165, 1.54) is 54.1 Å². The molecule has 3 rings (SSSR count). The highest BCUT2D eigenvalue weighted by Gasteiger charge is 2.40. The number of fused-ring (bicyclic) bond motifs is 1. The number of ketones is 1. The van der Waals surface area contributed by atoms with Gasteiger partial charge in [0.05, 0.1) is 24.8 Å². The van der Waals surface area contributed by atoms with Crippen LogP contribution in [0.2, 0.25) is 0 Å². The maximum atomic E-state index is 13.0. The minimum Gasteiger partial charge on any atom is -0.492 e. The van der Waals surface area contributed by atoms with Crippen LogP contribution in [0.3, 0.4) is 0 Å². The Morgan fingerprint density at radius 2 is 1.76 bits per heavy atom. The number of nitrogens with zero attached hydrogens (tertiary/aromatic N) is 1. The highest BCUT2D eigenvalue weighted by molar-refractivity contribution is 6.11. The second-order valence-corrected chi connectivity index (χ2v) is 6.09. The number of carbonyl (C=O) groups excluding carboxylic acids is 2. The number of hydrogen-bond acceptors (Lipinski definition) is 4. The molecule has 0 aliphatic rings. The summed E-state index contributed by atoms with van der Waals surface area (Å²) in [4.78, 5) is 23.6. The van der Waals surface area contributed by atoms with Crippen molar-refractivity contribution in [3.63, 3.8) is 0 Å². The standard InChI is InChI=1S/C20H15F4NO4/c1-28-19(27)12-2-7-15-16(18(26)20(22,23)24)11-25(17(15)10-12)8-9-29-14-5-3-13(21)4-6-14/h2-7,10-11H,8-9H2,1H3. The van der Waals surface area contributed by atoms with Crippen LogP contribution in [0.15, 0.2) is 48.7 Å². The van der Waals surface area contributed by atoms with Crippen molar-refractivity contribution >= 4 is 22.7 Å². The van der Waals surface area contributed by atoms with Crippen molar-refractivity contribution in [2.24, 2.45) is 0 Å². The summed E-state index contributed by atoms with van der Waals surface area (Å²) in [5.41, 5.74) is -0.140. The lowest BCUT2D eigenvalue weighted by atomic mass is 10.1. The van der Waals surface area contributed by atoms with Crippen LogP contribution in [0.25, 0.3) is 10.9 Å². The van der Waals surface area contributed by atoms with Gasteiger partial charge in [-0.1, -0.05) is 6.07 Å². The van der Waals surface area contributed by atoms with E-state index in [1.54, 1.807) is 0 Å². The Bertz CT molecular complexity index is 1050. The molecule has 0 unspecified atom stereocenters. The van der Waals surface area contributed by atoms with E-state index in [0.29, 0.717) is 5.75 Å². The average molecular weight is 409 g/mol. The number of methoxy groups -OCH3 is 1. The van der Waals surface area contributed by atoms with Gasteiger partial charge in [0.1, 0.15) is 18.2 Å². The lowest BCUT2D eigenvalue weighted by molar-refractivity contribution is -0.0884. The SMILES string of the molecule is COC(=O)c1ccc2c(C(=O)C(F)(F)F)cn(CCOc3ccc(F)cc3)c2c1. The Balaban J connectivity index is 1.94. The molecule has 2 aromatic carbocycles. The summed E-state index contributed by atoms with van der Waals surface area (Å²) in [6.45, 7) is 0.126. The highest BCUT2D eigenvalue weighted by Crippen LogP contribution is 2.29. The number of halogens is 4. The monoisotopic (exact) mass is 409 g/mol. The molecule has 0 saturated heterocycles. The molecule has 3 aromatic rings. The van der Waals surface area contributed by atoms with E-state index < -0.39 is 29.3 Å². The number of ether oxygens (including phenoxy) is 2. The van der Waals surface area contributed by atoms with Crippen LogP contribution in [-0.4, -0.2) is 36.2 Å². The van der Waals surface area contributed by atoms with E-state index in [4.69, 9.17) is 4.74 Å². The van der Waals surface area contributed by atoms with Crippen LogP contribution < -0.4 is 4.74 Å². The Morgan fingerprint density at radius 1 is 1.07 bits per heavy atom. The van der Waals surface area contributed by atoms with E-state index in [2.05, 4.69) is 4.74 Å². The molecule has 152 valence electrons. The van der Waals surface area contributed by atoms with Crippen molar-refractivity contribution in [3.8, 4) is 5.75 Å². The summed E-state index contributed by atoms with van der Waals surface area (Å²) >= 11 is 0. The molecule has 0 amide bonds. The minimum absolute atomic E-state index is 0.0392. The van der Waals surface area contributed by atoms with Gasteiger partial charge < -0.3 is 14.0 Å². The van der Waals surface area contributed by atoms with Gasteiger partial charge in [-0.05, 0) is 36.4 Å². The molecule has 0 fully saturated rings. The van der Waals surface area contributed by atoms with Crippen molar-refractivity contribution in [2.45, 2.75) is 12.7 Å². The first kappa shape index (κ1) is 20.4. The molecule has 1 aromatic heterocycles. The van der Waals surface area contributed by atoms with Gasteiger partial charge in [-0.25, -0.2) is 9.18 Å². The van der Waals surface area contributed by atoms with Crippen molar-refractivity contribution in [3.05, 3.63) is 65.6 Å². The zero-order valence-electron chi connectivity index (χ0n) is 15.1. The molecule has 0 atom stereocenters. The van der Waals surface area contributed by atoms with Gasteiger partial charge in [0.2, 0.25) is 0 Å². The second kappa shape index (κ2) is 7.94. The Labute approximate surface area is 162 Å². The molecule has 0 saturated carbocycles.